The number of rotatable bonds is 0. The first-order valence-corrected chi connectivity index (χ1v) is 6.33. The van der Waals surface area contributed by atoms with Gasteiger partial charge in [-0.1, -0.05) is 0 Å². The van der Waals surface area contributed by atoms with Gasteiger partial charge in [-0.05, 0) is 39.7 Å². The van der Waals surface area contributed by atoms with Gasteiger partial charge in [-0.3, -0.25) is 4.40 Å². The average molecular weight is 304 g/mol. The van der Waals surface area contributed by atoms with Gasteiger partial charge in [0.05, 0.1) is 15.9 Å². The second kappa shape index (κ2) is 3.38. The number of hydrogen-bond donors (Lipinski definition) is 0. The SMILES string of the molecule is Fc1ccc2c(c1)Cc1c-2nc2ncc(Br)cn12. The van der Waals surface area contributed by atoms with E-state index in [1.807, 2.05) is 10.6 Å². The predicted octanol–water partition coefficient (Wildman–Crippen LogP) is 3.20. The largest absolute Gasteiger partial charge is 0.286 e. The first-order valence-electron chi connectivity index (χ1n) is 5.53. The first-order chi connectivity index (χ1) is 8.72. The molecule has 1 aliphatic carbocycles. The molecule has 4 rings (SSSR count). The molecule has 5 heteroatoms. The van der Waals surface area contributed by atoms with Crippen LogP contribution in [0.15, 0.2) is 35.1 Å². The maximum absolute atomic E-state index is 13.2. The minimum Gasteiger partial charge on any atom is -0.286 e. The van der Waals surface area contributed by atoms with E-state index in [4.69, 9.17) is 0 Å². The third kappa shape index (κ3) is 1.28. The van der Waals surface area contributed by atoms with E-state index in [1.165, 1.54) is 6.07 Å². The molecule has 88 valence electrons. The predicted molar refractivity (Wildman–Crippen MR) is 68.9 cm³/mol. The molecule has 0 unspecified atom stereocenters. The summed E-state index contributed by atoms with van der Waals surface area (Å²) in [5, 5.41) is 0. The van der Waals surface area contributed by atoms with E-state index in [0.717, 1.165) is 27.0 Å². The molecule has 1 aromatic carbocycles. The number of aromatic nitrogens is 3. The van der Waals surface area contributed by atoms with E-state index >= 15 is 0 Å². The van der Waals surface area contributed by atoms with Crippen molar-refractivity contribution in [3.63, 3.8) is 0 Å². The molecular weight excluding hydrogens is 297 g/mol. The van der Waals surface area contributed by atoms with Crippen LogP contribution in [-0.2, 0) is 6.42 Å². The van der Waals surface area contributed by atoms with Gasteiger partial charge in [0.2, 0.25) is 5.78 Å². The molecule has 3 nitrogen and oxygen atoms in total. The maximum Gasteiger partial charge on any atom is 0.234 e. The Morgan fingerprint density at radius 3 is 3.11 bits per heavy atom. The third-order valence-corrected chi connectivity index (χ3v) is 3.64. The number of nitrogens with zero attached hydrogens (tertiary/aromatic N) is 3. The summed E-state index contributed by atoms with van der Waals surface area (Å²) in [4.78, 5) is 8.78. The Labute approximate surface area is 110 Å². The average Bonchev–Trinajstić information content (AvgIpc) is 2.84. The van der Waals surface area contributed by atoms with E-state index in [9.17, 15) is 4.39 Å². The summed E-state index contributed by atoms with van der Waals surface area (Å²) in [6, 6.07) is 4.84. The van der Waals surface area contributed by atoms with Crippen LogP contribution in [0.2, 0.25) is 0 Å². The zero-order valence-electron chi connectivity index (χ0n) is 9.19. The van der Waals surface area contributed by atoms with Crippen molar-refractivity contribution in [3.8, 4) is 11.3 Å². The summed E-state index contributed by atoms with van der Waals surface area (Å²) >= 11 is 3.40. The Hall–Kier alpha value is -1.75. The smallest absolute Gasteiger partial charge is 0.234 e. The molecule has 0 amide bonds. The summed E-state index contributed by atoms with van der Waals surface area (Å²) in [6.07, 6.45) is 4.36. The summed E-state index contributed by atoms with van der Waals surface area (Å²) in [5.41, 5.74) is 3.98. The van der Waals surface area contributed by atoms with E-state index in [-0.39, 0.29) is 5.82 Å². The van der Waals surface area contributed by atoms with E-state index in [1.54, 1.807) is 18.3 Å². The standard InChI is InChI=1S/C13H7BrFN3/c14-8-5-16-13-17-12-10-2-1-9(15)3-7(10)4-11(12)18(13)6-8/h1-3,5-6H,4H2. The van der Waals surface area contributed by atoms with Crippen molar-refractivity contribution < 1.29 is 4.39 Å². The lowest BCUT2D eigenvalue weighted by atomic mass is 10.1. The lowest BCUT2D eigenvalue weighted by molar-refractivity contribution is 0.626. The Kier molecular flexibility index (Phi) is 1.92. The van der Waals surface area contributed by atoms with Crippen LogP contribution in [0.1, 0.15) is 11.3 Å². The second-order valence-electron chi connectivity index (χ2n) is 4.33. The Balaban J connectivity index is 2.04. The molecule has 0 aliphatic heterocycles. The molecule has 0 bridgehead atoms. The number of halogens is 2. The van der Waals surface area contributed by atoms with Crippen LogP contribution in [0.3, 0.4) is 0 Å². The van der Waals surface area contributed by atoms with Gasteiger partial charge in [0.15, 0.2) is 0 Å². The molecule has 18 heavy (non-hydrogen) atoms. The van der Waals surface area contributed by atoms with Crippen molar-refractivity contribution >= 4 is 21.7 Å². The Morgan fingerprint density at radius 1 is 1.33 bits per heavy atom. The van der Waals surface area contributed by atoms with Crippen LogP contribution in [-0.4, -0.2) is 14.4 Å². The molecule has 2 heterocycles. The van der Waals surface area contributed by atoms with Gasteiger partial charge in [0, 0.05) is 24.4 Å². The van der Waals surface area contributed by atoms with Gasteiger partial charge in [-0.15, -0.1) is 0 Å². The zero-order valence-corrected chi connectivity index (χ0v) is 10.8. The monoisotopic (exact) mass is 303 g/mol. The molecule has 0 fully saturated rings. The van der Waals surface area contributed by atoms with Gasteiger partial charge in [0.1, 0.15) is 5.82 Å². The molecule has 1 aliphatic rings. The van der Waals surface area contributed by atoms with E-state index in [2.05, 4.69) is 25.9 Å². The molecule has 0 saturated carbocycles. The first kappa shape index (κ1) is 10.2. The minimum absolute atomic E-state index is 0.201. The van der Waals surface area contributed by atoms with Crippen molar-refractivity contribution in [2.75, 3.05) is 0 Å². The highest BCUT2D eigenvalue weighted by atomic mass is 79.9. The fourth-order valence-electron chi connectivity index (χ4n) is 2.46. The number of hydrogen-bond acceptors (Lipinski definition) is 2. The third-order valence-electron chi connectivity index (χ3n) is 3.23. The van der Waals surface area contributed by atoms with Crippen LogP contribution in [0, 0.1) is 5.82 Å². The van der Waals surface area contributed by atoms with Crippen molar-refractivity contribution in [2.45, 2.75) is 6.42 Å². The van der Waals surface area contributed by atoms with Crippen LogP contribution in [0.25, 0.3) is 17.0 Å². The van der Waals surface area contributed by atoms with Crippen LogP contribution >= 0.6 is 15.9 Å². The van der Waals surface area contributed by atoms with Gasteiger partial charge >= 0.3 is 0 Å². The topological polar surface area (TPSA) is 30.2 Å². The van der Waals surface area contributed by atoms with Crippen LogP contribution in [0.5, 0.6) is 0 Å². The number of benzene rings is 1. The van der Waals surface area contributed by atoms with Gasteiger partial charge < -0.3 is 0 Å². The summed E-state index contributed by atoms with van der Waals surface area (Å²) in [5.74, 6) is 0.477. The fourth-order valence-corrected chi connectivity index (χ4v) is 2.77. The van der Waals surface area contributed by atoms with Crippen molar-refractivity contribution in [1.82, 2.24) is 14.4 Å². The van der Waals surface area contributed by atoms with E-state index < -0.39 is 0 Å². The second-order valence-corrected chi connectivity index (χ2v) is 5.24. The summed E-state index contributed by atoms with van der Waals surface area (Å²) in [7, 11) is 0. The van der Waals surface area contributed by atoms with Crippen LogP contribution < -0.4 is 0 Å². The summed E-state index contributed by atoms with van der Waals surface area (Å²) in [6.45, 7) is 0. The van der Waals surface area contributed by atoms with Gasteiger partial charge in [-0.25, -0.2) is 14.4 Å². The molecule has 0 N–H and O–H groups in total. The molecule has 2 aromatic heterocycles. The molecular formula is C13H7BrFN3. The Bertz CT molecular complexity index is 794. The van der Waals surface area contributed by atoms with Crippen LogP contribution in [0.4, 0.5) is 4.39 Å². The number of imidazole rings is 1. The Morgan fingerprint density at radius 2 is 2.22 bits per heavy atom. The van der Waals surface area contributed by atoms with Gasteiger partial charge in [-0.2, -0.15) is 0 Å². The lowest BCUT2D eigenvalue weighted by Gasteiger charge is -1.99. The lowest BCUT2D eigenvalue weighted by Crippen LogP contribution is -1.94. The van der Waals surface area contributed by atoms with E-state index in [0.29, 0.717) is 12.2 Å². The molecule has 0 saturated heterocycles. The zero-order chi connectivity index (χ0) is 12.3. The van der Waals surface area contributed by atoms with Gasteiger partial charge in [0.25, 0.3) is 0 Å². The highest BCUT2D eigenvalue weighted by molar-refractivity contribution is 9.10. The quantitative estimate of drug-likeness (QED) is 0.499. The molecule has 0 radical (unpaired) electrons. The normalized spacial score (nSPS) is 12.8. The molecule has 0 spiro atoms. The van der Waals surface area contributed by atoms with Crippen molar-refractivity contribution in [1.29, 1.82) is 0 Å². The maximum atomic E-state index is 13.2. The van der Waals surface area contributed by atoms with Crippen molar-refractivity contribution in [2.24, 2.45) is 0 Å². The van der Waals surface area contributed by atoms with Crippen molar-refractivity contribution in [3.05, 3.63) is 52.1 Å². The summed E-state index contributed by atoms with van der Waals surface area (Å²) < 4.78 is 16.1. The highest BCUT2D eigenvalue weighted by Crippen LogP contribution is 2.36. The molecule has 0 atom stereocenters. The number of fused-ring (bicyclic) bond motifs is 5. The minimum atomic E-state index is -0.201. The fraction of sp³-hybridized carbons (Fsp3) is 0.0769. The highest BCUT2D eigenvalue weighted by Gasteiger charge is 2.24. The molecule has 3 aromatic rings.